The molecule has 116 valence electrons. The van der Waals surface area contributed by atoms with Gasteiger partial charge in [0.15, 0.2) is 0 Å². The minimum Gasteiger partial charge on any atom is -0.353 e. The molecule has 2 aliphatic rings. The summed E-state index contributed by atoms with van der Waals surface area (Å²) < 4.78 is 2.17. The van der Waals surface area contributed by atoms with Crippen LogP contribution in [0.3, 0.4) is 0 Å². The molecule has 0 spiro atoms. The Morgan fingerprint density at radius 3 is 2.86 bits per heavy atom. The van der Waals surface area contributed by atoms with E-state index in [1.54, 1.807) is 0 Å². The first-order valence-electron chi connectivity index (χ1n) is 8.29. The SMILES string of the molecule is Cn1cccc1C1CCCCCN1C(=O)C1(C)CCCN1. The van der Waals surface area contributed by atoms with Crippen LogP contribution in [0.4, 0.5) is 0 Å². The summed E-state index contributed by atoms with van der Waals surface area (Å²) in [5.74, 6) is 0.299. The van der Waals surface area contributed by atoms with Gasteiger partial charge in [-0.25, -0.2) is 0 Å². The average molecular weight is 289 g/mol. The van der Waals surface area contributed by atoms with Gasteiger partial charge in [0.2, 0.25) is 5.91 Å². The van der Waals surface area contributed by atoms with Crippen LogP contribution >= 0.6 is 0 Å². The Morgan fingerprint density at radius 1 is 1.33 bits per heavy atom. The fraction of sp³-hybridized carbons (Fsp3) is 0.706. The molecule has 3 rings (SSSR count). The molecule has 2 atom stereocenters. The first-order valence-corrected chi connectivity index (χ1v) is 8.29. The van der Waals surface area contributed by atoms with Gasteiger partial charge in [-0.2, -0.15) is 0 Å². The summed E-state index contributed by atoms with van der Waals surface area (Å²) in [5.41, 5.74) is 0.917. The van der Waals surface area contributed by atoms with Crippen molar-refractivity contribution in [3.05, 3.63) is 24.0 Å². The van der Waals surface area contributed by atoms with Crippen molar-refractivity contribution in [1.29, 1.82) is 0 Å². The zero-order chi connectivity index (χ0) is 14.9. The molecule has 2 saturated heterocycles. The van der Waals surface area contributed by atoms with Gasteiger partial charge in [-0.05, 0) is 51.3 Å². The Kier molecular flexibility index (Phi) is 4.07. The van der Waals surface area contributed by atoms with E-state index in [9.17, 15) is 4.79 Å². The first kappa shape index (κ1) is 14.6. The average Bonchev–Trinajstić information content (AvgIpc) is 3.02. The van der Waals surface area contributed by atoms with Gasteiger partial charge in [-0.3, -0.25) is 4.79 Å². The second-order valence-corrected chi connectivity index (χ2v) is 6.77. The van der Waals surface area contributed by atoms with Crippen molar-refractivity contribution in [2.24, 2.45) is 7.05 Å². The standard InChI is InChI=1S/C17H27N3O/c1-17(10-7-11-18-17)16(21)20-13-5-3-4-8-15(20)14-9-6-12-19(14)2/h6,9,12,15,18H,3-5,7-8,10-11,13H2,1-2H3. The molecule has 0 bridgehead atoms. The summed E-state index contributed by atoms with van der Waals surface area (Å²) in [6, 6.07) is 4.48. The number of aromatic nitrogens is 1. The molecule has 0 saturated carbocycles. The van der Waals surface area contributed by atoms with Gasteiger partial charge in [-0.15, -0.1) is 0 Å². The van der Waals surface area contributed by atoms with Crippen LogP contribution in [0.15, 0.2) is 18.3 Å². The van der Waals surface area contributed by atoms with Crippen LogP contribution in [0.5, 0.6) is 0 Å². The number of amides is 1. The molecule has 1 aromatic heterocycles. The van der Waals surface area contributed by atoms with E-state index in [0.717, 1.165) is 38.8 Å². The van der Waals surface area contributed by atoms with E-state index < -0.39 is 0 Å². The maximum absolute atomic E-state index is 13.1. The third-order valence-electron chi connectivity index (χ3n) is 5.18. The van der Waals surface area contributed by atoms with Crippen LogP contribution in [-0.2, 0) is 11.8 Å². The van der Waals surface area contributed by atoms with E-state index in [1.807, 2.05) is 0 Å². The zero-order valence-corrected chi connectivity index (χ0v) is 13.3. The number of carbonyl (C=O) groups excluding carboxylic acids is 1. The highest BCUT2D eigenvalue weighted by atomic mass is 16.2. The number of hydrogen-bond donors (Lipinski definition) is 1. The highest BCUT2D eigenvalue weighted by Gasteiger charge is 2.41. The molecule has 1 aromatic rings. The maximum Gasteiger partial charge on any atom is 0.243 e. The number of hydrogen-bond acceptors (Lipinski definition) is 2. The molecule has 2 fully saturated rings. The highest BCUT2D eigenvalue weighted by Crippen LogP contribution is 2.33. The van der Waals surface area contributed by atoms with Gasteiger partial charge in [0.25, 0.3) is 0 Å². The van der Waals surface area contributed by atoms with Crippen molar-refractivity contribution < 1.29 is 4.79 Å². The molecular formula is C17H27N3O. The van der Waals surface area contributed by atoms with Crippen LogP contribution in [0, 0.1) is 0 Å². The summed E-state index contributed by atoms with van der Waals surface area (Å²) in [6.07, 6.45) is 8.80. The summed E-state index contributed by atoms with van der Waals surface area (Å²) in [7, 11) is 2.08. The van der Waals surface area contributed by atoms with E-state index in [-0.39, 0.29) is 11.6 Å². The number of carbonyl (C=O) groups is 1. The quantitative estimate of drug-likeness (QED) is 0.908. The molecule has 1 amide bonds. The van der Waals surface area contributed by atoms with Crippen LogP contribution in [-0.4, -0.2) is 34.0 Å². The third-order valence-corrected chi connectivity index (χ3v) is 5.18. The molecule has 2 aliphatic heterocycles. The molecule has 0 radical (unpaired) electrons. The lowest BCUT2D eigenvalue weighted by Gasteiger charge is -2.36. The number of rotatable bonds is 2. The van der Waals surface area contributed by atoms with Crippen molar-refractivity contribution >= 4 is 5.91 Å². The van der Waals surface area contributed by atoms with Gasteiger partial charge in [-0.1, -0.05) is 12.8 Å². The summed E-state index contributed by atoms with van der Waals surface area (Å²) in [5, 5.41) is 3.43. The van der Waals surface area contributed by atoms with Gasteiger partial charge in [0.1, 0.15) is 0 Å². The third kappa shape index (κ3) is 2.73. The predicted molar refractivity (Wildman–Crippen MR) is 84.0 cm³/mol. The van der Waals surface area contributed by atoms with Crippen molar-refractivity contribution in [2.45, 2.75) is 57.0 Å². The van der Waals surface area contributed by atoms with Crippen molar-refractivity contribution in [3.8, 4) is 0 Å². The Bertz CT molecular complexity index is 502. The van der Waals surface area contributed by atoms with E-state index in [0.29, 0.717) is 5.91 Å². The number of aryl methyl sites for hydroxylation is 1. The fourth-order valence-corrected chi connectivity index (χ4v) is 3.87. The summed E-state index contributed by atoms with van der Waals surface area (Å²) >= 11 is 0. The lowest BCUT2D eigenvalue weighted by Crippen LogP contribution is -2.53. The fourth-order valence-electron chi connectivity index (χ4n) is 3.87. The normalized spacial score (nSPS) is 30.4. The Morgan fingerprint density at radius 2 is 2.19 bits per heavy atom. The molecule has 4 nitrogen and oxygen atoms in total. The molecular weight excluding hydrogens is 262 g/mol. The molecule has 2 unspecified atom stereocenters. The molecule has 1 N–H and O–H groups in total. The Balaban J connectivity index is 1.88. The Labute approximate surface area is 127 Å². The molecule has 3 heterocycles. The number of nitrogens with one attached hydrogen (secondary N) is 1. The summed E-state index contributed by atoms with van der Waals surface area (Å²) in [4.78, 5) is 15.3. The zero-order valence-electron chi connectivity index (χ0n) is 13.3. The lowest BCUT2D eigenvalue weighted by atomic mass is 9.96. The van der Waals surface area contributed by atoms with Gasteiger partial charge >= 0.3 is 0 Å². The summed E-state index contributed by atoms with van der Waals surface area (Å²) in [6.45, 7) is 3.94. The molecule has 0 aliphatic carbocycles. The number of nitrogens with zero attached hydrogens (tertiary/aromatic N) is 2. The van der Waals surface area contributed by atoms with E-state index in [1.165, 1.54) is 18.5 Å². The molecule has 0 aromatic carbocycles. The lowest BCUT2D eigenvalue weighted by molar-refractivity contribution is -0.139. The van der Waals surface area contributed by atoms with Crippen LogP contribution < -0.4 is 5.32 Å². The van der Waals surface area contributed by atoms with Crippen molar-refractivity contribution in [2.75, 3.05) is 13.1 Å². The maximum atomic E-state index is 13.1. The first-order chi connectivity index (χ1) is 10.1. The Hall–Kier alpha value is -1.29. The molecule has 4 heteroatoms. The van der Waals surface area contributed by atoms with Crippen LogP contribution in [0.2, 0.25) is 0 Å². The van der Waals surface area contributed by atoms with Crippen molar-refractivity contribution in [3.63, 3.8) is 0 Å². The minimum atomic E-state index is -0.353. The van der Waals surface area contributed by atoms with Crippen LogP contribution in [0.1, 0.15) is 57.2 Å². The van der Waals surface area contributed by atoms with E-state index in [2.05, 4.69) is 47.1 Å². The van der Waals surface area contributed by atoms with Gasteiger partial charge < -0.3 is 14.8 Å². The topological polar surface area (TPSA) is 37.3 Å². The van der Waals surface area contributed by atoms with Crippen molar-refractivity contribution in [1.82, 2.24) is 14.8 Å². The second-order valence-electron chi connectivity index (χ2n) is 6.77. The largest absolute Gasteiger partial charge is 0.353 e. The minimum absolute atomic E-state index is 0.235. The highest BCUT2D eigenvalue weighted by molar-refractivity contribution is 5.86. The van der Waals surface area contributed by atoms with E-state index in [4.69, 9.17) is 0 Å². The predicted octanol–water partition coefficient (Wildman–Crippen LogP) is 2.61. The second kappa shape index (κ2) is 5.84. The van der Waals surface area contributed by atoms with Gasteiger partial charge in [0.05, 0.1) is 11.6 Å². The monoisotopic (exact) mass is 289 g/mol. The van der Waals surface area contributed by atoms with E-state index >= 15 is 0 Å². The molecule has 21 heavy (non-hydrogen) atoms. The van der Waals surface area contributed by atoms with Crippen LogP contribution in [0.25, 0.3) is 0 Å². The van der Waals surface area contributed by atoms with Gasteiger partial charge in [0, 0.05) is 25.5 Å². The smallest absolute Gasteiger partial charge is 0.243 e. The number of likely N-dealkylation sites (tertiary alicyclic amines) is 1.